The van der Waals surface area contributed by atoms with Crippen LogP contribution in [0.2, 0.25) is 0 Å². The van der Waals surface area contributed by atoms with Crippen LogP contribution in [-0.2, 0) is 4.79 Å². The van der Waals surface area contributed by atoms with Crippen LogP contribution in [0.1, 0.15) is 17.2 Å². The fraction of sp³-hybridized carbons (Fsp3) is 0.133. The van der Waals surface area contributed by atoms with Crippen LogP contribution >= 0.6 is 15.9 Å². The van der Waals surface area contributed by atoms with Crippen molar-refractivity contribution in [3.8, 4) is 5.75 Å². The van der Waals surface area contributed by atoms with Crippen molar-refractivity contribution in [3.05, 3.63) is 57.8 Å². The number of carbonyl (C=O) groups is 1. The summed E-state index contributed by atoms with van der Waals surface area (Å²) in [7, 11) is 0. The number of halogens is 2. The highest BCUT2D eigenvalue weighted by Crippen LogP contribution is 2.34. The minimum absolute atomic E-state index is 0.00272. The first kappa shape index (κ1) is 14.0. The number of amides is 1. The average molecular weight is 351 g/mol. The summed E-state index contributed by atoms with van der Waals surface area (Å²) in [6.07, 6.45) is 0. The molecule has 6 heteroatoms. The lowest BCUT2D eigenvalue weighted by molar-refractivity contribution is -0.118. The number of anilines is 1. The first-order chi connectivity index (χ1) is 10.1. The molecule has 3 N–H and O–H groups in total. The van der Waals surface area contributed by atoms with Crippen LogP contribution in [0.4, 0.5) is 10.1 Å². The van der Waals surface area contributed by atoms with E-state index in [1.165, 1.54) is 6.07 Å². The van der Waals surface area contributed by atoms with Gasteiger partial charge in [0.25, 0.3) is 5.91 Å². The summed E-state index contributed by atoms with van der Waals surface area (Å²) in [5.41, 5.74) is 7.77. The Morgan fingerprint density at radius 3 is 2.90 bits per heavy atom. The van der Waals surface area contributed by atoms with Crippen molar-refractivity contribution in [1.82, 2.24) is 0 Å². The molecule has 0 saturated heterocycles. The Morgan fingerprint density at radius 2 is 2.14 bits per heavy atom. The number of nitrogens with two attached hydrogens (primary N) is 1. The van der Waals surface area contributed by atoms with Crippen LogP contribution in [0, 0.1) is 5.82 Å². The molecule has 0 spiro atoms. The van der Waals surface area contributed by atoms with Gasteiger partial charge in [0.15, 0.2) is 6.61 Å². The fourth-order valence-corrected chi connectivity index (χ4v) is 2.86. The standard InChI is InChI=1S/C15H12BrFN2O2/c16-9-2-1-3-10(17)14(9)15(18)8-4-5-12-11(6-8)19-13(20)7-21-12/h1-6,15H,7,18H2,(H,19,20). The third-order valence-electron chi connectivity index (χ3n) is 3.31. The molecule has 3 rings (SSSR count). The molecule has 4 nitrogen and oxygen atoms in total. The van der Waals surface area contributed by atoms with Crippen LogP contribution in [-0.4, -0.2) is 12.5 Å². The van der Waals surface area contributed by atoms with Crippen LogP contribution in [0.5, 0.6) is 5.75 Å². The van der Waals surface area contributed by atoms with E-state index in [9.17, 15) is 9.18 Å². The number of carbonyl (C=O) groups excluding carboxylic acids is 1. The van der Waals surface area contributed by atoms with Gasteiger partial charge in [0.05, 0.1) is 11.7 Å². The van der Waals surface area contributed by atoms with E-state index in [2.05, 4.69) is 21.2 Å². The van der Waals surface area contributed by atoms with Crippen molar-refractivity contribution < 1.29 is 13.9 Å². The van der Waals surface area contributed by atoms with E-state index in [1.807, 2.05) is 0 Å². The molecular formula is C15H12BrFN2O2. The van der Waals surface area contributed by atoms with Crippen molar-refractivity contribution in [1.29, 1.82) is 0 Å². The molecule has 1 heterocycles. The molecule has 2 aromatic rings. The van der Waals surface area contributed by atoms with Crippen LogP contribution in [0.25, 0.3) is 0 Å². The fourth-order valence-electron chi connectivity index (χ4n) is 2.27. The number of hydrogen-bond acceptors (Lipinski definition) is 3. The topological polar surface area (TPSA) is 64.3 Å². The van der Waals surface area contributed by atoms with Gasteiger partial charge in [-0.2, -0.15) is 0 Å². The lowest BCUT2D eigenvalue weighted by Crippen LogP contribution is -2.25. The normalized spacial score (nSPS) is 14.9. The summed E-state index contributed by atoms with van der Waals surface area (Å²) in [6, 6.07) is 9.25. The lowest BCUT2D eigenvalue weighted by Gasteiger charge is -2.21. The second kappa shape index (κ2) is 5.46. The van der Waals surface area contributed by atoms with E-state index in [0.717, 1.165) is 0 Å². The van der Waals surface area contributed by atoms with Gasteiger partial charge < -0.3 is 15.8 Å². The second-order valence-electron chi connectivity index (χ2n) is 4.71. The molecule has 1 amide bonds. The molecule has 0 saturated carbocycles. The van der Waals surface area contributed by atoms with Gasteiger partial charge in [-0.25, -0.2) is 4.39 Å². The number of benzene rings is 2. The Labute approximate surface area is 129 Å². The Kier molecular flexibility index (Phi) is 3.65. The molecule has 1 atom stereocenters. The van der Waals surface area contributed by atoms with Gasteiger partial charge in [0.1, 0.15) is 11.6 Å². The molecule has 108 valence electrons. The van der Waals surface area contributed by atoms with Gasteiger partial charge in [-0.3, -0.25) is 4.79 Å². The molecule has 1 aliphatic rings. The van der Waals surface area contributed by atoms with E-state index in [-0.39, 0.29) is 18.3 Å². The summed E-state index contributed by atoms with van der Waals surface area (Å²) in [5.74, 6) is -0.0201. The van der Waals surface area contributed by atoms with E-state index < -0.39 is 6.04 Å². The number of nitrogens with one attached hydrogen (secondary N) is 1. The maximum atomic E-state index is 14.0. The summed E-state index contributed by atoms with van der Waals surface area (Å²) in [5, 5.41) is 2.71. The number of rotatable bonds is 2. The predicted octanol–water partition coefficient (Wildman–Crippen LogP) is 2.97. The van der Waals surface area contributed by atoms with Gasteiger partial charge >= 0.3 is 0 Å². The van der Waals surface area contributed by atoms with Crippen LogP contribution in [0.15, 0.2) is 40.9 Å². The molecule has 0 fully saturated rings. The van der Waals surface area contributed by atoms with E-state index in [1.54, 1.807) is 30.3 Å². The first-order valence-electron chi connectivity index (χ1n) is 6.32. The Morgan fingerprint density at radius 1 is 1.33 bits per heavy atom. The largest absolute Gasteiger partial charge is 0.482 e. The van der Waals surface area contributed by atoms with E-state index >= 15 is 0 Å². The monoisotopic (exact) mass is 350 g/mol. The van der Waals surface area contributed by atoms with Crippen molar-refractivity contribution in [3.63, 3.8) is 0 Å². The zero-order valence-electron chi connectivity index (χ0n) is 10.9. The first-order valence-corrected chi connectivity index (χ1v) is 7.11. The highest BCUT2D eigenvalue weighted by atomic mass is 79.9. The Hall–Kier alpha value is -1.92. The number of fused-ring (bicyclic) bond motifs is 1. The molecule has 0 radical (unpaired) electrons. The summed E-state index contributed by atoms with van der Waals surface area (Å²) in [6.45, 7) is -0.00272. The highest BCUT2D eigenvalue weighted by molar-refractivity contribution is 9.10. The van der Waals surface area contributed by atoms with Crippen molar-refractivity contribution in [2.75, 3.05) is 11.9 Å². The highest BCUT2D eigenvalue weighted by Gasteiger charge is 2.21. The third-order valence-corrected chi connectivity index (χ3v) is 4.00. The van der Waals surface area contributed by atoms with Gasteiger partial charge in [-0.05, 0) is 29.8 Å². The van der Waals surface area contributed by atoms with Crippen molar-refractivity contribution in [2.24, 2.45) is 5.73 Å². The minimum Gasteiger partial charge on any atom is -0.482 e. The summed E-state index contributed by atoms with van der Waals surface area (Å²) < 4.78 is 19.9. The van der Waals surface area contributed by atoms with Crippen molar-refractivity contribution in [2.45, 2.75) is 6.04 Å². The SMILES string of the molecule is NC(c1ccc2c(c1)NC(=O)CO2)c1c(F)cccc1Br. The maximum absolute atomic E-state index is 14.0. The van der Waals surface area contributed by atoms with Gasteiger partial charge in [-0.15, -0.1) is 0 Å². The van der Waals surface area contributed by atoms with Gasteiger partial charge in [0.2, 0.25) is 0 Å². The predicted molar refractivity (Wildman–Crippen MR) is 80.7 cm³/mol. The minimum atomic E-state index is -0.648. The van der Waals surface area contributed by atoms with Crippen LogP contribution < -0.4 is 15.8 Å². The second-order valence-corrected chi connectivity index (χ2v) is 5.56. The molecule has 1 unspecified atom stereocenters. The molecule has 0 bridgehead atoms. The summed E-state index contributed by atoms with van der Waals surface area (Å²) >= 11 is 3.32. The zero-order chi connectivity index (χ0) is 15.0. The average Bonchev–Trinajstić information content (AvgIpc) is 2.46. The van der Waals surface area contributed by atoms with Gasteiger partial charge in [0, 0.05) is 10.0 Å². The molecule has 0 aliphatic carbocycles. The Bertz CT molecular complexity index is 701. The van der Waals surface area contributed by atoms with Crippen LogP contribution in [0.3, 0.4) is 0 Å². The molecule has 2 aromatic carbocycles. The number of ether oxygens (including phenoxy) is 1. The molecular weight excluding hydrogens is 339 g/mol. The summed E-state index contributed by atoms with van der Waals surface area (Å²) in [4.78, 5) is 11.4. The molecule has 21 heavy (non-hydrogen) atoms. The Balaban J connectivity index is 2.01. The maximum Gasteiger partial charge on any atom is 0.262 e. The van der Waals surface area contributed by atoms with Crippen molar-refractivity contribution >= 4 is 27.5 Å². The molecule has 0 aromatic heterocycles. The number of hydrogen-bond donors (Lipinski definition) is 2. The smallest absolute Gasteiger partial charge is 0.262 e. The van der Waals surface area contributed by atoms with E-state index in [4.69, 9.17) is 10.5 Å². The van der Waals surface area contributed by atoms with Gasteiger partial charge in [-0.1, -0.05) is 28.1 Å². The molecule has 1 aliphatic heterocycles. The quantitative estimate of drug-likeness (QED) is 0.874. The zero-order valence-corrected chi connectivity index (χ0v) is 12.5. The lowest BCUT2D eigenvalue weighted by atomic mass is 9.98. The van der Waals surface area contributed by atoms with E-state index in [0.29, 0.717) is 27.0 Å². The third kappa shape index (κ3) is 2.64.